The van der Waals surface area contributed by atoms with Crippen LogP contribution in [0, 0.1) is 0 Å². The molecule has 1 aromatic heterocycles. The van der Waals surface area contributed by atoms with Crippen molar-refractivity contribution < 1.29 is 4.42 Å². The Labute approximate surface area is 134 Å². The van der Waals surface area contributed by atoms with Gasteiger partial charge in [-0.1, -0.05) is 28.1 Å². The summed E-state index contributed by atoms with van der Waals surface area (Å²) in [6.45, 7) is 2.68. The number of hydrogen-bond donors (Lipinski definition) is 1. The van der Waals surface area contributed by atoms with Gasteiger partial charge in [0.25, 0.3) is 0 Å². The van der Waals surface area contributed by atoms with Crippen LogP contribution in [0.4, 0.5) is 0 Å². The van der Waals surface area contributed by atoms with E-state index in [9.17, 15) is 0 Å². The minimum Gasteiger partial charge on any atom is -0.468 e. The molecule has 0 spiro atoms. The summed E-state index contributed by atoms with van der Waals surface area (Å²) < 4.78 is 6.75. The molecule has 2 aromatic rings. The molecule has 21 heavy (non-hydrogen) atoms. The molecule has 0 unspecified atom stereocenters. The van der Waals surface area contributed by atoms with Crippen LogP contribution in [0.15, 0.2) is 45.5 Å². The number of furan rings is 1. The number of halogens is 1. The molecular weight excluding hydrogens is 328 g/mol. The van der Waals surface area contributed by atoms with Crippen LogP contribution in [0.2, 0.25) is 0 Å². The van der Waals surface area contributed by atoms with E-state index >= 15 is 0 Å². The normalized spacial score (nSPS) is 14.8. The van der Waals surface area contributed by atoms with Gasteiger partial charge in [0.15, 0.2) is 0 Å². The number of hydrogen-bond acceptors (Lipinski definition) is 3. The van der Waals surface area contributed by atoms with Crippen LogP contribution < -0.4 is 5.32 Å². The first kappa shape index (κ1) is 14.8. The van der Waals surface area contributed by atoms with Crippen LogP contribution in [-0.4, -0.2) is 18.0 Å². The minimum atomic E-state index is 0.711. The molecule has 0 radical (unpaired) electrons. The molecule has 112 valence electrons. The Morgan fingerprint density at radius 3 is 2.90 bits per heavy atom. The van der Waals surface area contributed by atoms with Crippen molar-refractivity contribution in [1.82, 2.24) is 10.2 Å². The van der Waals surface area contributed by atoms with Gasteiger partial charge in [-0.05, 0) is 43.7 Å². The first-order valence-corrected chi connectivity index (χ1v) is 8.21. The molecule has 1 saturated carbocycles. The predicted octanol–water partition coefficient (Wildman–Crippen LogP) is 3.93. The molecule has 0 saturated heterocycles. The summed E-state index contributed by atoms with van der Waals surface area (Å²) in [6.07, 6.45) is 4.41. The molecule has 1 fully saturated rings. The minimum absolute atomic E-state index is 0.711. The smallest absolute Gasteiger partial charge is 0.122 e. The van der Waals surface area contributed by atoms with Crippen molar-refractivity contribution in [2.75, 3.05) is 7.05 Å². The zero-order valence-electron chi connectivity index (χ0n) is 12.3. The highest BCUT2D eigenvalue weighted by Gasteiger charge is 2.21. The monoisotopic (exact) mass is 348 g/mol. The van der Waals surface area contributed by atoms with Crippen molar-refractivity contribution in [1.29, 1.82) is 0 Å². The standard InChI is InChI=1S/C17H21BrN2O/c1-20(11-13-3-2-4-15(18)9-13)12-14-7-8-21-17(14)10-19-16-5-6-16/h2-4,7-9,16,19H,5-6,10-12H2,1H3. The zero-order valence-corrected chi connectivity index (χ0v) is 13.9. The lowest BCUT2D eigenvalue weighted by Gasteiger charge is -2.17. The lowest BCUT2D eigenvalue weighted by molar-refractivity contribution is 0.314. The second-order valence-electron chi connectivity index (χ2n) is 5.83. The molecule has 0 bridgehead atoms. The van der Waals surface area contributed by atoms with E-state index in [1.165, 1.54) is 24.0 Å². The van der Waals surface area contributed by atoms with Crippen molar-refractivity contribution in [2.24, 2.45) is 0 Å². The molecule has 1 heterocycles. The molecule has 0 amide bonds. The van der Waals surface area contributed by atoms with Gasteiger partial charge >= 0.3 is 0 Å². The van der Waals surface area contributed by atoms with Gasteiger partial charge < -0.3 is 9.73 Å². The van der Waals surface area contributed by atoms with E-state index in [2.05, 4.69) is 63.5 Å². The van der Waals surface area contributed by atoms with Gasteiger partial charge in [-0.25, -0.2) is 0 Å². The van der Waals surface area contributed by atoms with E-state index in [1.807, 2.05) is 0 Å². The molecule has 1 N–H and O–H groups in total. The van der Waals surface area contributed by atoms with Crippen molar-refractivity contribution in [3.05, 3.63) is 58.0 Å². The quantitative estimate of drug-likeness (QED) is 0.821. The van der Waals surface area contributed by atoms with Crippen molar-refractivity contribution >= 4 is 15.9 Å². The van der Waals surface area contributed by atoms with Crippen LogP contribution in [-0.2, 0) is 19.6 Å². The summed E-state index contributed by atoms with van der Waals surface area (Å²) in [4.78, 5) is 2.31. The van der Waals surface area contributed by atoms with Crippen molar-refractivity contribution in [2.45, 2.75) is 38.5 Å². The van der Waals surface area contributed by atoms with E-state index in [-0.39, 0.29) is 0 Å². The Morgan fingerprint density at radius 1 is 1.29 bits per heavy atom. The Morgan fingerprint density at radius 2 is 2.14 bits per heavy atom. The molecular formula is C17H21BrN2O. The Kier molecular flexibility index (Phi) is 4.78. The lowest BCUT2D eigenvalue weighted by atomic mass is 10.2. The second kappa shape index (κ2) is 6.77. The highest BCUT2D eigenvalue weighted by Crippen LogP contribution is 2.21. The summed E-state index contributed by atoms with van der Waals surface area (Å²) in [5, 5.41) is 3.51. The molecule has 3 nitrogen and oxygen atoms in total. The topological polar surface area (TPSA) is 28.4 Å². The van der Waals surface area contributed by atoms with Crippen LogP contribution in [0.25, 0.3) is 0 Å². The first-order chi connectivity index (χ1) is 10.2. The number of rotatable bonds is 7. The molecule has 1 aliphatic carbocycles. The van der Waals surface area contributed by atoms with Crippen LogP contribution in [0.1, 0.15) is 29.7 Å². The highest BCUT2D eigenvalue weighted by molar-refractivity contribution is 9.10. The average Bonchev–Trinajstić information content (AvgIpc) is 3.17. The van der Waals surface area contributed by atoms with E-state index in [4.69, 9.17) is 4.42 Å². The third-order valence-corrected chi connectivity index (χ3v) is 4.24. The molecule has 0 atom stereocenters. The van der Waals surface area contributed by atoms with Crippen molar-refractivity contribution in [3.8, 4) is 0 Å². The molecule has 1 aliphatic rings. The fraction of sp³-hybridized carbons (Fsp3) is 0.412. The van der Waals surface area contributed by atoms with Gasteiger partial charge in [-0.15, -0.1) is 0 Å². The maximum Gasteiger partial charge on any atom is 0.122 e. The fourth-order valence-electron chi connectivity index (χ4n) is 2.48. The summed E-state index contributed by atoms with van der Waals surface area (Å²) >= 11 is 3.52. The summed E-state index contributed by atoms with van der Waals surface area (Å²) in [5.74, 6) is 1.07. The van der Waals surface area contributed by atoms with Gasteiger partial charge in [-0.3, -0.25) is 4.90 Å². The number of nitrogens with zero attached hydrogens (tertiary/aromatic N) is 1. The average molecular weight is 349 g/mol. The van der Waals surface area contributed by atoms with Gasteiger partial charge in [0.05, 0.1) is 12.8 Å². The largest absolute Gasteiger partial charge is 0.468 e. The summed E-state index contributed by atoms with van der Waals surface area (Å²) in [7, 11) is 2.14. The SMILES string of the molecule is CN(Cc1cccc(Br)c1)Cc1ccoc1CNC1CC1. The number of nitrogens with one attached hydrogen (secondary N) is 1. The summed E-state index contributed by atoms with van der Waals surface area (Å²) in [6, 6.07) is 11.3. The Bertz CT molecular complexity index is 592. The van der Waals surface area contributed by atoms with Gasteiger partial charge in [0.1, 0.15) is 5.76 Å². The molecule has 1 aromatic carbocycles. The van der Waals surface area contributed by atoms with Gasteiger partial charge in [-0.2, -0.15) is 0 Å². The molecule has 3 rings (SSSR count). The lowest BCUT2D eigenvalue weighted by Crippen LogP contribution is -2.20. The van der Waals surface area contributed by atoms with E-state index in [0.717, 1.165) is 29.9 Å². The highest BCUT2D eigenvalue weighted by atomic mass is 79.9. The third-order valence-electron chi connectivity index (χ3n) is 3.75. The van der Waals surface area contributed by atoms with E-state index in [1.54, 1.807) is 6.26 Å². The van der Waals surface area contributed by atoms with Crippen LogP contribution in [0.3, 0.4) is 0 Å². The Hall–Kier alpha value is -1.10. The second-order valence-corrected chi connectivity index (χ2v) is 6.74. The maximum atomic E-state index is 5.62. The molecule has 4 heteroatoms. The van der Waals surface area contributed by atoms with Gasteiger partial charge in [0.2, 0.25) is 0 Å². The summed E-state index contributed by atoms with van der Waals surface area (Å²) in [5.41, 5.74) is 2.59. The van der Waals surface area contributed by atoms with E-state index in [0.29, 0.717) is 6.04 Å². The van der Waals surface area contributed by atoms with Crippen LogP contribution in [0.5, 0.6) is 0 Å². The van der Waals surface area contributed by atoms with Gasteiger partial charge in [0, 0.05) is 29.2 Å². The Balaban J connectivity index is 1.56. The van der Waals surface area contributed by atoms with E-state index < -0.39 is 0 Å². The third kappa shape index (κ3) is 4.43. The zero-order chi connectivity index (χ0) is 14.7. The van der Waals surface area contributed by atoms with Crippen LogP contribution >= 0.6 is 15.9 Å². The number of benzene rings is 1. The first-order valence-electron chi connectivity index (χ1n) is 7.42. The predicted molar refractivity (Wildman–Crippen MR) is 87.9 cm³/mol. The van der Waals surface area contributed by atoms with Crippen molar-refractivity contribution in [3.63, 3.8) is 0 Å². The fourth-order valence-corrected chi connectivity index (χ4v) is 2.93. The maximum absolute atomic E-state index is 5.62. The molecule has 0 aliphatic heterocycles.